The number of nitrogens with two attached hydrogens (primary N) is 1. The zero-order valence-corrected chi connectivity index (χ0v) is 10.9. The lowest BCUT2D eigenvalue weighted by Gasteiger charge is -2.05. The molecule has 1 aromatic carbocycles. The van der Waals surface area contributed by atoms with Crippen molar-refractivity contribution in [1.82, 2.24) is 13.9 Å². The van der Waals surface area contributed by atoms with Gasteiger partial charge in [-0.2, -0.15) is 0 Å². The van der Waals surface area contributed by atoms with Gasteiger partial charge in [0.1, 0.15) is 11.8 Å². The Balaban J connectivity index is 2.33. The third-order valence-electron chi connectivity index (χ3n) is 2.81. The van der Waals surface area contributed by atoms with Gasteiger partial charge in [-0.15, -0.1) is 0 Å². The molecule has 0 bridgehead atoms. The van der Waals surface area contributed by atoms with Gasteiger partial charge < -0.3 is 5.73 Å². The zero-order valence-electron chi connectivity index (χ0n) is 10.1. The molecular weight excluding hydrogens is 244 g/mol. The van der Waals surface area contributed by atoms with Gasteiger partial charge >= 0.3 is 0 Å². The molecule has 0 aliphatic carbocycles. The van der Waals surface area contributed by atoms with Crippen molar-refractivity contribution in [2.75, 3.05) is 11.5 Å². The zero-order chi connectivity index (χ0) is 12.5. The van der Waals surface area contributed by atoms with Crippen LogP contribution in [0.15, 0.2) is 30.6 Å². The minimum Gasteiger partial charge on any atom is -0.382 e. The number of hydrogen-bond acceptors (Lipinski definition) is 4. The molecule has 0 fully saturated rings. The fourth-order valence-electron chi connectivity index (χ4n) is 2.01. The van der Waals surface area contributed by atoms with Gasteiger partial charge in [0.15, 0.2) is 5.82 Å². The maximum atomic E-state index is 5.97. The van der Waals surface area contributed by atoms with Crippen LogP contribution < -0.4 is 5.73 Å². The molecule has 0 aliphatic rings. The van der Waals surface area contributed by atoms with E-state index in [1.807, 2.05) is 24.5 Å². The van der Waals surface area contributed by atoms with Gasteiger partial charge in [-0.3, -0.25) is 3.97 Å². The molecule has 0 amide bonds. The van der Waals surface area contributed by atoms with Crippen molar-refractivity contribution in [2.45, 2.75) is 13.3 Å². The van der Waals surface area contributed by atoms with Crippen molar-refractivity contribution < 1.29 is 0 Å². The van der Waals surface area contributed by atoms with Gasteiger partial charge in [0.25, 0.3) is 0 Å². The highest BCUT2D eigenvalue weighted by Crippen LogP contribution is 2.29. The number of nitrogens with zero attached hydrogens (tertiary/aromatic N) is 3. The molecule has 0 saturated carbocycles. The molecule has 2 aromatic heterocycles. The second-order valence-electron chi connectivity index (χ2n) is 4.11. The Kier molecular flexibility index (Phi) is 2.83. The van der Waals surface area contributed by atoms with Gasteiger partial charge in [-0.1, -0.05) is 25.1 Å². The standard InChI is InChI=1S/C13H14N4S/c1-2-7-18-17-8-15-11-12(17)9-5-3-4-6-10(9)16-13(11)14/h3-6,8H,2,7H2,1H3,(H2,14,16). The summed E-state index contributed by atoms with van der Waals surface area (Å²) in [6.45, 7) is 2.17. The number of anilines is 1. The van der Waals surface area contributed by atoms with E-state index in [0.717, 1.165) is 34.1 Å². The average molecular weight is 258 g/mol. The van der Waals surface area contributed by atoms with Crippen LogP contribution in [0, 0.1) is 0 Å². The second-order valence-corrected chi connectivity index (χ2v) is 5.17. The van der Waals surface area contributed by atoms with E-state index in [4.69, 9.17) is 5.73 Å². The van der Waals surface area contributed by atoms with Gasteiger partial charge in [-0.25, -0.2) is 9.97 Å². The highest BCUT2D eigenvalue weighted by molar-refractivity contribution is 7.97. The number of benzene rings is 1. The maximum Gasteiger partial charge on any atom is 0.152 e. The summed E-state index contributed by atoms with van der Waals surface area (Å²) in [5.74, 6) is 1.56. The van der Waals surface area contributed by atoms with E-state index in [0.29, 0.717) is 5.82 Å². The minimum absolute atomic E-state index is 0.500. The summed E-state index contributed by atoms with van der Waals surface area (Å²) in [5, 5.41) is 1.10. The van der Waals surface area contributed by atoms with Crippen LogP contribution in [0.25, 0.3) is 21.9 Å². The molecule has 0 aliphatic heterocycles. The molecule has 0 atom stereocenters. The first-order valence-electron chi connectivity index (χ1n) is 5.96. The smallest absolute Gasteiger partial charge is 0.152 e. The lowest BCUT2D eigenvalue weighted by molar-refractivity contribution is 1.10. The number of fused-ring (bicyclic) bond motifs is 3. The molecule has 0 radical (unpaired) electrons. The van der Waals surface area contributed by atoms with Crippen LogP contribution in [0.3, 0.4) is 0 Å². The summed E-state index contributed by atoms with van der Waals surface area (Å²) in [6.07, 6.45) is 2.96. The summed E-state index contributed by atoms with van der Waals surface area (Å²) >= 11 is 1.75. The van der Waals surface area contributed by atoms with Crippen LogP contribution >= 0.6 is 11.9 Å². The molecule has 5 heteroatoms. The summed E-state index contributed by atoms with van der Waals surface area (Å²) < 4.78 is 2.10. The SMILES string of the molecule is CCCSn1cnc2c(N)nc3ccccc3c21. The molecule has 0 saturated heterocycles. The second kappa shape index (κ2) is 4.49. The van der Waals surface area contributed by atoms with Crippen molar-refractivity contribution in [3.63, 3.8) is 0 Å². The number of aromatic nitrogens is 3. The van der Waals surface area contributed by atoms with Gasteiger partial charge in [0.2, 0.25) is 0 Å². The maximum absolute atomic E-state index is 5.97. The molecule has 92 valence electrons. The molecular formula is C13H14N4S. The number of rotatable bonds is 3. The fraction of sp³-hybridized carbons (Fsp3) is 0.231. The van der Waals surface area contributed by atoms with Crippen LogP contribution in [-0.2, 0) is 0 Å². The molecule has 0 spiro atoms. The summed E-state index contributed by atoms with van der Waals surface area (Å²) in [6, 6.07) is 8.03. The lowest BCUT2D eigenvalue weighted by Crippen LogP contribution is -1.94. The third kappa shape index (κ3) is 1.71. The molecule has 2 N–H and O–H groups in total. The minimum atomic E-state index is 0.500. The van der Waals surface area contributed by atoms with Gasteiger partial charge in [0.05, 0.1) is 11.0 Å². The van der Waals surface area contributed by atoms with E-state index in [2.05, 4.69) is 26.9 Å². The Morgan fingerprint density at radius 3 is 3.00 bits per heavy atom. The largest absolute Gasteiger partial charge is 0.382 e. The Morgan fingerprint density at radius 2 is 2.17 bits per heavy atom. The predicted molar refractivity (Wildman–Crippen MR) is 77.6 cm³/mol. The lowest BCUT2D eigenvalue weighted by atomic mass is 10.2. The van der Waals surface area contributed by atoms with E-state index in [1.54, 1.807) is 11.9 Å². The van der Waals surface area contributed by atoms with E-state index >= 15 is 0 Å². The predicted octanol–water partition coefficient (Wildman–Crippen LogP) is 3.07. The molecule has 4 nitrogen and oxygen atoms in total. The van der Waals surface area contributed by atoms with Crippen LogP contribution in [0.1, 0.15) is 13.3 Å². The highest BCUT2D eigenvalue weighted by Gasteiger charge is 2.11. The van der Waals surface area contributed by atoms with Gasteiger partial charge in [0, 0.05) is 11.1 Å². The molecule has 3 rings (SSSR count). The average Bonchev–Trinajstić information content (AvgIpc) is 2.81. The first-order chi connectivity index (χ1) is 8.81. The summed E-state index contributed by atoms with van der Waals surface area (Å²) in [7, 11) is 0. The number of imidazole rings is 1. The Hall–Kier alpha value is -1.75. The summed E-state index contributed by atoms with van der Waals surface area (Å²) in [4.78, 5) is 8.77. The van der Waals surface area contributed by atoms with Crippen LogP contribution in [0.4, 0.5) is 5.82 Å². The quantitative estimate of drug-likeness (QED) is 0.784. The monoisotopic (exact) mass is 258 g/mol. The first kappa shape index (κ1) is 11.3. The topological polar surface area (TPSA) is 56.7 Å². The summed E-state index contributed by atoms with van der Waals surface area (Å²) in [5.41, 5.74) is 8.74. The van der Waals surface area contributed by atoms with E-state index in [1.165, 1.54) is 0 Å². The first-order valence-corrected chi connectivity index (χ1v) is 6.90. The van der Waals surface area contributed by atoms with Crippen molar-refractivity contribution in [1.29, 1.82) is 0 Å². The highest BCUT2D eigenvalue weighted by atomic mass is 32.2. The van der Waals surface area contributed by atoms with Gasteiger partial charge in [-0.05, 0) is 24.4 Å². The van der Waals surface area contributed by atoms with Crippen molar-refractivity contribution in [3.05, 3.63) is 30.6 Å². The van der Waals surface area contributed by atoms with E-state index in [9.17, 15) is 0 Å². The number of hydrogen-bond donors (Lipinski definition) is 1. The van der Waals surface area contributed by atoms with Crippen molar-refractivity contribution >= 4 is 39.7 Å². The molecule has 18 heavy (non-hydrogen) atoms. The molecule has 2 heterocycles. The van der Waals surface area contributed by atoms with Crippen molar-refractivity contribution in [2.24, 2.45) is 0 Å². The van der Waals surface area contributed by atoms with Crippen LogP contribution in [-0.4, -0.2) is 19.7 Å². The Labute approximate surface area is 109 Å². The third-order valence-corrected chi connectivity index (χ3v) is 3.96. The van der Waals surface area contributed by atoms with Crippen LogP contribution in [0.5, 0.6) is 0 Å². The van der Waals surface area contributed by atoms with Crippen molar-refractivity contribution in [3.8, 4) is 0 Å². The number of nitrogen functional groups attached to an aromatic ring is 1. The Bertz CT molecular complexity index is 705. The number of para-hydroxylation sites is 1. The molecule has 0 unspecified atom stereocenters. The number of pyridine rings is 1. The van der Waals surface area contributed by atoms with E-state index in [-0.39, 0.29) is 0 Å². The van der Waals surface area contributed by atoms with E-state index < -0.39 is 0 Å². The Morgan fingerprint density at radius 1 is 1.33 bits per heavy atom. The normalized spacial score (nSPS) is 11.4. The fourth-order valence-corrected chi connectivity index (χ4v) is 2.82. The van der Waals surface area contributed by atoms with Crippen LogP contribution in [0.2, 0.25) is 0 Å². The molecule has 3 aromatic rings.